The predicted molar refractivity (Wildman–Crippen MR) is 126 cm³/mol. The van der Waals surface area contributed by atoms with Crippen LogP contribution in [0.15, 0.2) is 35.4 Å². The molecule has 7 nitrogen and oxygen atoms in total. The number of piperidine rings is 1. The first-order chi connectivity index (χ1) is 15.4. The highest BCUT2D eigenvalue weighted by Gasteiger charge is 2.21. The van der Waals surface area contributed by atoms with E-state index in [0.717, 1.165) is 48.4 Å². The normalized spacial score (nSPS) is 15.8. The Morgan fingerprint density at radius 2 is 1.78 bits per heavy atom. The number of fused-ring (bicyclic) bond motifs is 2. The molecular formula is C25H30N6O. The van der Waals surface area contributed by atoms with E-state index in [-0.39, 0.29) is 5.56 Å². The molecule has 32 heavy (non-hydrogen) atoms. The van der Waals surface area contributed by atoms with E-state index < -0.39 is 0 Å². The first-order valence-corrected chi connectivity index (χ1v) is 11.5. The summed E-state index contributed by atoms with van der Waals surface area (Å²) in [7, 11) is 0. The minimum Gasteiger partial charge on any atom is -0.303 e. The quantitative estimate of drug-likeness (QED) is 0.491. The fourth-order valence-corrected chi connectivity index (χ4v) is 4.97. The topological polar surface area (TPSA) is 67.8 Å². The molecule has 0 spiro atoms. The van der Waals surface area contributed by atoms with E-state index in [1.165, 1.54) is 18.5 Å². The van der Waals surface area contributed by atoms with Crippen molar-refractivity contribution in [2.24, 2.45) is 0 Å². The Bertz CT molecular complexity index is 1360. The number of hydrogen-bond acceptors (Lipinski definition) is 5. The largest absolute Gasteiger partial charge is 0.303 e. The Hall–Kier alpha value is -3.06. The highest BCUT2D eigenvalue weighted by atomic mass is 16.1. The number of likely N-dealkylation sites (tertiary alicyclic amines) is 1. The van der Waals surface area contributed by atoms with Crippen molar-refractivity contribution in [3.8, 4) is 11.4 Å². The van der Waals surface area contributed by atoms with Crippen molar-refractivity contribution in [2.45, 2.75) is 52.9 Å². The van der Waals surface area contributed by atoms with E-state index in [1.807, 2.05) is 43.7 Å². The van der Waals surface area contributed by atoms with Crippen LogP contribution in [0.3, 0.4) is 0 Å². The SMILES string of the molecule is CCCN1CCC(c2cc(C)c3nc(-c4cc5c(C)nc(C)cn5n4)cc(=O)n3c2)CC1. The van der Waals surface area contributed by atoms with Crippen LogP contribution in [-0.2, 0) is 0 Å². The number of pyridine rings is 1. The maximum atomic E-state index is 13.1. The monoisotopic (exact) mass is 430 g/mol. The Kier molecular flexibility index (Phi) is 5.29. The van der Waals surface area contributed by atoms with Crippen LogP contribution < -0.4 is 5.56 Å². The van der Waals surface area contributed by atoms with Crippen LogP contribution in [0.25, 0.3) is 22.6 Å². The number of aromatic nitrogens is 5. The second kappa shape index (κ2) is 8.13. The molecule has 0 amide bonds. The van der Waals surface area contributed by atoms with Gasteiger partial charge in [-0.15, -0.1) is 0 Å². The highest BCUT2D eigenvalue weighted by Crippen LogP contribution is 2.29. The molecule has 4 aromatic heterocycles. The second-order valence-electron chi connectivity index (χ2n) is 9.07. The third kappa shape index (κ3) is 3.71. The van der Waals surface area contributed by atoms with Crippen molar-refractivity contribution in [2.75, 3.05) is 19.6 Å². The zero-order valence-corrected chi connectivity index (χ0v) is 19.3. The lowest BCUT2D eigenvalue weighted by molar-refractivity contribution is 0.212. The molecule has 0 aliphatic carbocycles. The smallest absolute Gasteiger partial charge is 0.258 e. The fraction of sp³-hybridized carbons (Fsp3) is 0.440. The van der Waals surface area contributed by atoms with E-state index in [4.69, 9.17) is 4.98 Å². The molecule has 1 aliphatic rings. The molecule has 0 atom stereocenters. The Morgan fingerprint density at radius 1 is 1.00 bits per heavy atom. The Morgan fingerprint density at radius 3 is 2.53 bits per heavy atom. The van der Waals surface area contributed by atoms with E-state index >= 15 is 0 Å². The van der Waals surface area contributed by atoms with Gasteiger partial charge in [0.1, 0.15) is 11.3 Å². The molecule has 0 unspecified atom stereocenters. The lowest BCUT2D eigenvalue weighted by atomic mass is 9.89. The summed E-state index contributed by atoms with van der Waals surface area (Å²) in [5.74, 6) is 0.495. The van der Waals surface area contributed by atoms with Crippen LogP contribution in [0, 0.1) is 20.8 Å². The number of hydrogen-bond donors (Lipinski definition) is 0. The van der Waals surface area contributed by atoms with Gasteiger partial charge in [-0.3, -0.25) is 14.2 Å². The van der Waals surface area contributed by atoms with Crippen molar-refractivity contribution in [3.05, 3.63) is 63.5 Å². The van der Waals surface area contributed by atoms with Crippen molar-refractivity contribution in [3.63, 3.8) is 0 Å². The van der Waals surface area contributed by atoms with Gasteiger partial charge >= 0.3 is 0 Å². The molecule has 5 heterocycles. The fourth-order valence-electron chi connectivity index (χ4n) is 4.97. The van der Waals surface area contributed by atoms with E-state index in [0.29, 0.717) is 23.0 Å². The summed E-state index contributed by atoms with van der Waals surface area (Å²) < 4.78 is 3.52. The molecule has 7 heteroatoms. The molecule has 1 aliphatic heterocycles. The number of aryl methyl sites for hydroxylation is 3. The third-order valence-corrected chi connectivity index (χ3v) is 6.59. The first kappa shape index (κ1) is 20.8. The molecule has 1 fully saturated rings. The minimum absolute atomic E-state index is 0.0681. The van der Waals surface area contributed by atoms with Gasteiger partial charge in [0.2, 0.25) is 0 Å². The molecule has 0 N–H and O–H groups in total. The summed E-state index contributed by atoms with van der Waals surface area (Å²) in [6.07, 6.45) is 7.37. The number of nitrogens with zero attached hydrogens (tertiary/aromatic N) is 6. The Labute approximate surface area is 187 Å². The number of rotatable bonds is 4. The van der Waals surface area contributed by atoms with Gasteiger partial charge in [-0.1, -0.05) is 13.0 Å². The maximum absolute atomic E-state index is 13.1. The highest BCUT2D eigenvalue weighted by molar-refractivity contribution is 5.66. The van der Waals surface area contributed by atoms with Gasteiger partial charge in [0.05, 0.1) is 28.8 Å². The summed E-state index contributed by atoms with van der Waals surface area (Å²) in [6.45, 7) is 11.6. The van der Waals surface area contributed by atoms with Crippen molar-refractivity contribution in [1.82, 2.24) is 28.9 Å². The van der Waals surface area contributed by atoms with Gasteiger partial charge in [-0.2, -0.15) is 5.10 Å². The van der Waals surface area contributed by atoms with Gasteiger partial charge in [0, 0.05) is 12.3 Å². The molecule has 1 saturated heterocycles. The molecule has 0 aromatic carbocycles. The van der Waals surface area contributed by atoms with Gasteiger partial charge in [0.15, 0.2) is 0 Å². The third-order valence-electron chi connectivity index (χ3n) is 6.59. The summed E-state index contributed by atoms with van der Waals surface area (Å²) in [6, 6.07) is 5.76. The van der Waals surface area contributed by atoms with Crippen LogP contribution in [0.1, 0.15) is 54.6 Å². The summed E-state index contributed by atoms with van der Waals surface area (Å²) in [4.78, 5) is 25.0. The van der Waals surface area contributed by atoms with E-state index in [1.54, 1.807) is 10.5 Å². The van der Waals surface area contributed by atoms with Crippen LogP contribution in [0.4, 0.5) is 0 Å². The van der Waals surface area contributed by atoms with Gasteiger partial charge in [-0.25, -0.2) is 9.50 Å². The van der Waals surface area contributed by atoms with Gasteiger partial charge < -0.3 is 4.90 Å². The predicted octanol–water partition coefficient (Wildman–Crippen LogP) is 3.92. The standard InChI is InChI=1S/C25H30N6O/c1-5-8-29-9-6-19(7-10-29)20-11-16(2)25-27-21(13-24(32)30(25)15-20)22-12-23-18(4)26-17(3)14-31(23)28-22/h11-15,19H,5-10H2,1-4H3. The van der Waals surface area contributed by atoms with Crippen molar-refractivity contribution in [1.29, 1.82) is 0 Å². The summed E-state index contributed by atoms with van der Waals surface area (Å²) in [5.41, 5.74) is 6.92. The van der Waals surface area contributed by atoms with Crippen LogP contribution >= 0.6 is 0 Å². The molecule has 4 aromatic rings. The molecular weight excluding hydrogens is 400 g/mol. The summed E-state index contributed by atoms with van der Waals surface area (Å²) in [5, 5.41) is 4.66. The lowest BCUT2D eigenvalue weighted by Crippen LogP contribution is -2.33. The van der Waals surface area contributed by atoms with Gasteiger partial charge in [0.25, 0.3) is 5.56 Å². The van der Waals surface area contributed by atoms with Crippen LogP contribution in [-0.4, -0.2) is 48.5 Å². The lowest BCUT2D eigenvalue weighted by Gasteiger charge is -2.32. The van der Waals surface area contributed by atoms with E-state index in [9.17, 15) is 4.79 Å². The first-order valence-electron chi connectivity index (χ1n) is 11.5. The zero-order valence-electron chi connectivity index (χ0n) is 19.3. The van der Waals surface area contributed by atoms with Crippen LogP contribution in [0.5, 0.6) is 0 Å². The van der Waals surface area contributed by atoms with Gasteiger partial charge in [-0.05, 0) is 82.8 Å². The molecule has 0 radical (unpaired) electrons. The second-order valence-corrected chi connectivity index (χ2v) is 9.07. The molecule has 0 bridgehead atoms. The molecule has 0 saturated carbocycles. The van der Waals surface area contributed by atoms with Crippen molar-refractivity contribution < 1.29 is 0 Å². The van der Waals surface area contributed by atoms with Crippen LogP contribution in [0.2, 0.25) is 0 Å². The maximum Gasteiger partial charge on any atom is 0.258 e. The van der Waals surface area contributed by atoms with Crippen molar-refractivity contribution >= 4 is 11.2 Å². The summed E-state index contributed by atoms with van der Waals surface area (Å²) >= 11 is 0. The Balaban J connectivity index is 1.52. The average molecular weight is 431 g/mol. The zero-order chi connectivity index (χ0) is 22.4. The molecule has 5 rings (SSSR count). The molecule has 166 valence electrons. The minimum atomic E-state index is -0.0681. The van der Waals surface area contributed by atoms with E-state index in [2.05, 4.69) is 28.0 Å². The average Bonchev–Trinajstić information content (AvgIpc) is 3.19.